The lowest BCUT2D eigenvalue weighted by atomic mass is 10.0. The van der Waals surface area contributed by atoms with Crippen molar-refractivity contribution in [2.24, 2.45) is 10.2 Å². The van der Waals surface area contributed by atoms with Crippen molar-refractivity contribution in [3.05, 3.63) is 107 Å². The Bertz CT molecular complexity index is 1530. The Morgan fingerprint density at radius 1 is 0.638 bits per heavy atom. The maximum Gasteiger partial charge on any atom is 0.240 e. The highest BCUT2D eigenvalue weighted by Crippen LogP contribution is 2.23. The second kappa shape index (κ2) is 21.3. The van der Waals surface area contributed by atoms with Gasteiger partial charge in [0.15, 0.2) is 0 Å². The normalized spacial score (nSPS) is 13.9. The van der Waals surface area contributed by atoms with Gasteiger partial charge in [-0.25, -0.2) is 13.1 Å². The number of hydrogen-bond donors (Lipinski definition) is 2. The van der Waals surface area contributed by atoms with Gasteiger partial charge >= 0.3 is 0 Å². The van der Waals surface area contributed by atoms with Crippen LogP contribution in [0.2, 0.25) is 0 Å². The van der Waals surface area contributed by atoms with Gasteiger partial charge in [0.05, 0.1) is 22.9 Å². The molecule has 256 valence electrons. The van der Waals surface area contributed by atoms with Crippen LogP contribution in [0.25, 0.3) is 0 Å². The van der Waals surface area contributed by atoms with E-state index >= 15 is 0 Å². The summed E-state index contributed by atoms with van der Waals surface area (Å²) >= 11 is 0. The predicted octanol–water partition coefficient (Wildman–Crippen LogP) is 10.3. The van der Waals surface area contributed by atoms with E-state index in [-0.39, 0.29) is 18.0 Å². The minimum absolute atomic E-state index is 0.123. The fourth-order valence-electron chi connectivity index (χ4n) is 4.74. The molecule has 0 heterocycles. The third kappa shape index (κ3) is 16.7. The van der Waals surface area contributed by atoms with Crippen molar-refractivity contribution in [3.8, 4) is 0 Å². The number of aliphatic hydroxyl groups excluding tert-OH is 1. The van der Waals surface area contributed by atoms with E-state index in [0.29, 0.717) is 5.69 Å². The molecule has 0 saturated carbocycles. The molecule has 2 aromatic carbocycles. The Kier molecular flexibility index (Phi) is 18.0. The quantitative estimate of drug-likeness (QED) is 0.109. The molecule has 0 aliphatic rings. The number of anilines is 1. The number of nitrogens with zero attached hydrogens (tertiary/aromatic N) is 3. The fourth-order valence-corrected chi connectivity index (χ4v) is 5.82. The van der Waals surface area contributed by atoms with Gasteiger partial charge in [0.1, 0.15) is 0 Å². The van der Waals surface area contributed by atoms with E-state index in [4.69, 9.17) is 5.11 Å². The highest BCUT2D eigenvalue weighted by Gasteiger charge is 2.13. The Morgan fingerprint density at radius 2 is 1.02 bits per heavy atom. The lowest BCUT2D eigenvalue weighted by molar-refractivity contribution is 0.341. The van der Waals surface area contributed by atoms with Crippen LogP contribution in [0.4, 0.5) is 17.1 Å². The molecule has 2 rings (SSSR count). The summed E-state index contributed by atoms with van der Waals surface area (Å²) in [7, 11) is 0.327. The average Bonchev–Trinajstić information content (AvgIpc) is 3.03. The number of hydrogen-bond acceptors (Lipinski definition) is 6. The number of nitrogens with one attached hydrogen (secondary N) is 1. The van der Waals surface area contributed by atoms with E-state index in [1.807, 2.05) is 56.3 Å². The number of allylic oxidation sites excluding steroid dienone is 8. The van der Waals surface area contributed by atoms with Crippen molar-refractivity contribution in [2.75, 3.05) is 32.1 Å². The number of sulfonamides is 1. The maximum absolute atomic E-state index is 12.8. The molecule has 0 spiro atoms. The Balaban J connectivity index is 1.72. The molecule has 0 bridgehead atoms. The van der Waals surface area contributed by atoms with Crippen molar-refractivity contribution < 1.29 is 13.5 Å². The molecule has 0 unspecified atom stereocenters. The third-order valence-electron chi connectivity index (χ3n) is 7.90. The Morgan fingerprint density at radius 3 is 1.43 bits per heavy atom. The summed E-state index contributed by atoms with van der Waals surface area (Å²) in [5.74, 6) is 0. The molecule has 0 fully saturated rings. The molecule has 0 amide bonds. The largest absolute Gasteiger partial charge is 0.392 e. The zero-order chi connectivity index (χ0) is 34.7. The highest BCUT2D eigenvalue weighted by molar-refractivity contribution is 7.89. The van der Waals surface area contributed by atoms with Gasteiger partial charge in [-0.1, -0.05) is 58.2 Å². The van der Waals surface area contributed by atoms with Crippen molar-refractivity contribution in [1.82, 2.24) is 4.72 Å². The van der Waals surface area contributed by atoms with Gasteiger partial charge in [-0.2, -0.15) is 10.2 Å². The first kappa shape index (κ1) is 39.6. The van der Waals surface area contributed by atoms with Crippen LogP contribution in [-0.2, 0) is 10.0 Å². The molecule has 0 saturated heterocycles. The molecule has 0 aromatic heterocycles. The zero-order valence-corrected chi connectivity index (χ0v) is 30.4. The van der Waals surface area contributed by atoms with E-state index in [9.17, 15) is 8.42 Å². The first-order chi connectivity index (χ1) is 22.4. The summed E-state index contributed by atoms with van der Waals surface area (Å²) < 4.78 is 28.4. The Hall–Kier alpha value is -3.59. The van der Waals surface area contributed by atoms with Crippen LogP contribution < -0.4 is 9.62 Å². The summed E-state index contributed by atoms with van der Waals surface area (Å²) in [6, 6.07) is 14.1. The van der Waals surface area contributed by atoms with Crippen LogP contribution in [0.3, 0.4) is 0 Å². The van der Waals surface area contributed by atoms with E-state index in [2.05, 4.69) is 66.9 Å². The number of azo groups is 1. The topological polar surface area (TPSA) is 94.4 Å². The number of rotatable bonds is 20. The van der Waals surface area contributed by atoms with Crippen LogP contribution in [0.5, 0.6) is 0 Å². The third-order valence-corrected chi connectivity index (χ3v) is 9.32. The molecule has 7 nitrogen and oxygen atoms in total. The molecule has 0 aliphatic carbocycles. The molecular formula is C39H56N4O3S. The van der Waals surface area contributed by atoms with Crippen molar-refractivity contribution in [3.63, 3.8) is 0 Å². The monoisotopic (exact) mass is 660 g/mol. The highest BCUT2D eigenvalue weighted by atomic mass is 32.2. The summed E-state index contributed by atoms with van der Waals surface area (Å²) in [5.41, 5.74) is 8.83. The minimum Gasteiger partial charge on any atom is -0.392 e. The average molecular weight is 661 g/mol. The second-order valence-corrected chi connectivity index (χ2v) is 14.3. The summed E-state index contributed by atoms with van der Waals surface area (Å²) in [6.07, 6.45) is 19.1. The van der Waals surface area contributed by atoms with Crippen molar-refractivity contribution in [2.45, 2.75) is 90.9 Å². The van der Waals surface area contributed by atoms with Crippen LogP contribution >= 0.6 is 0 Å². The maximum atomic E-state index is 12.8. The number of benzene rings is 2. The number of aliphatic hydroxyl groups is 1. The van der Waals surface area contributed by atoms with Crippen molar-refractivity contribution in [1.29, 1.82) is 0 Å². The van der Waals surface area contributed by atoms with Gasteiger partial charge in [-0.15, -0.1) is 0 Å². The van der Waals surface area contributed by atoms with Gasteiger partial charge in [-0.3, -0.25) is 0 Å². The SMILES string of the molecule is C/C(=C/CO)CC/C=C(/C)CC/C=C(\C)CC/C=C(\C)CC/C=C(\C)CNS(=O)(=O)c1ccc(N=Nc2ccc(N(C)C)cc2)cc1. The fraction of sp³-hybridized carbons (Fsp3) is 0.436. The second-order valence-electron chi connectivity index (χ2n) is 12.5. The molecule has 8 heteroatoms. The van der Waals surface area contributed by atoms with Gasteiger partial charge in [0.25, 0.3) is 0 Å². The van der Waals surface area contributed by atoms with Crippen LogP contribution in [0.15, 0.2) is 122 Å². The van der Waals surface area contributed by atoms with E-state index in [1.165, 1.54) is 22.3 Å². The van der Waals surface area contributed by atoms with Crippen molar-refractivity contribution >= 4 is 27.1 Å². The molecular weight excluding hydrogens is 605 g/mol. The van der Waals surface area contributed by atoms with E-state index in [1.54, 1.807) is 24.3 Å². The molecule has 47 heavy (non-hydrogen) atoms. The van der Waals surface area contributed by atoms with Crippen LogP contribution in [-0.4, -0.2) is 40.8 Å². The summed E-state index contributed by atoms with van der Waals surface area (Å²) in [4.78, 5) is 2.21. The standard InChI is InChI=1S/C39H56N4O3S/c1-31(12-8-14-32(2)16-10-18-34(4)28-29-44)13-9-15-33(3)17-11-19-35(5)30-40-47(45,46)39-26-22-37(23-27-39)42-41-36-20-24-38(25-21-36)43(6)7/h12,15-16,19-28,40,44H,8-11,13-14,17-18,29-30H2,1-7H3/b31-12+,32-16-,33-15+,34-28-,35-19+,42-41?. The summed E-state index contributed by atoms with van der Waals surface area (Å²) in [6.45, 7) is 11.0. The lowest BCUT2D eigenvalue weighted by Crippen LogP contribution is -2.25. The molecule has 2 N–H and O–H groups in total. The van der Waals surface area contributed by atoms with Crippen LogP contribution in [0, 0.1) is 0 Å². The summed E-state index contributed by atoms with van der Waals surface area (Å²) in [5, 5.41) is 17.4. The van der Waals surface area contributed by atoms with Crippen LogP contribution in [0.1, 0.15) is 86.0 Å². The lowest BCUT2D eigenvalue weighted by Gasteiger charge is -2.11. The molecule has 0 radical (unpaired) electrons. The molecule has 2 aromatic rings. The predicted molar refractivity (Wildman–Crippen MR) is 199 cm³/mol. The van der Waals surface area contributed by atoms with E-state index < -0.39 is 10.0 Å². The molecule has 0 aliphatic heterocycles. The smallest absolute Gasteiger partial charge is 0.240 e. The first-order valence-corrected chi connectivity index (χ1v) is 18.1. The zero-order valence-electron chi connectivity index (χ0n) is 29.6. The van der Waals surface area contributed by atoms with Gasteiger partial charge in [0.2, 0.25) is 10.0 Å². The van der Waals surface area contributed by atoms with E-state index in [0.717, 1.165) is 68.3 Å². The molecule has 0 atom stereocenters. The Labute approximate surface area is 284 Å². The van der Waals surface area contributed by atoms with Gasteiger partial charge in [0, 0.05) is 26.3 Å². The van der Waals surface area contributed by atoms with Gasteiger partial charge < -0.3 is 10.0 Å². The minimum atomic E-state index is -3.63. The van der Waals surface area contributed by atoms with Gasteiger partial charge in [-0.05, 0) is 135 Å². The first-order valence-electron chi connectivity index (χ1n) is 16.6.